The van der Waals surface area contributed by atoms with Gasteiger partial charge in [0.2, 0.25) is 0 Å². The third-order valence-electron chi connectivity index (χ3n) is 4.01. The molecule has 0 unspecified atom stereocenters. The summed E-state index contributed by atoms with van der Waals surface area (Å²) in [5.41, 5.74) is 1.22. The van der Waals surface area contributed by atoms with Gasteiger partial charge in [0.05, 0.1) is 7.11 Å². The molecule has 0 atom stereocenters. The molecule has 1 aliphatic heterocycles. The molecule has 2 rings (SSSR count). The van der Waals surface area contributed by atoms with Gasteiger partial charge in [0.1, 0.15) is 18.1 Å². The first-order chi connectivity index (χ1) is 9.83. The molecule has 21 heavy (non-hydrogen) atoms. The minimum atomic E-state index is 0. The van der Waals surface area contributed by atoms with E-state index in [2.05, 4.69) is 17.9 Å². The van der Waals surface area contributed by atoms with Gasteiger partial charge in [-0.05, 0) is 56.1 Å². The Hall–Kier alpha value is -0.930. The van der Waals surface area contributed by atoms with E-state index in [4.69, 9.17) is 9.47 Å². The summed E-state index contributed by atoms with van der Waals surface area (Å²) in [6, 6.07) is 6.07. The SMILES string of the molecule is CCc1cc(OC)ccc1OCCN1CCCCCC1.Cl. The van der Waals surface area contributed by atoms with Crippen LogP contribution in [0.25, 0.3) is 0 Å². The second kappa shape index (κ2) is 9.91. The maximum absolute atomic E-state index is 5.97. The highest BCUT2D eigenvalue weighted by molar-refractivity contribution is 5.85. The van der Waals surface area contributed by atoms with Crippen LogP contribution in [0.15, 0.2) is 18.2 Å². The summed E-state index contributed by atoms with van der Waals surface area (Å²) >= 11 is 0. The topological polar surface area (TPSA) is 21.7 Å². The van der Waals surface area contributed by atoms with E-state index in [9.17, 15) is 0 Å². The average molecular weight is 314 g/mol. The molecule has 0 aromatic heterocycles. The van der Waals surface area contributed by atoms with E-state index in [1.807, 2.05) is 12.1 Å². The largest absolute Gasteiger partial charge is 0.497 e. The lowest BCUT2D eigenvalue weighted by molar-refractivity contribution is 0.213. The number of nitrogens with zero attached hydrogens (tertiary/aromatic N) is 1. The van der Waals surface area contributed by atoms with Gasteiger partial charge in [-0.1, -0.05) is 19.8 Å². The van der Waals surface area contributed by atoms with Crippen LogP contribution in [0.3, 0.4) is 0 Å². The van der Waals surface area contributed by atoms with Crippen molar-refractivity contribution < 1.29 is 9.47 Å². The van der Waals surface area contributed by atoms with E-state index in [1.54, 1.807) is 7.11 Å². The molecule has 1 aromatic carbocycles. The Bertz CT molecular complexity index is 404. The lowest BCUT2D eigenvalue weighted by Gasteiger charge is -2.20. The van der Waals surface area contributed by atoms with Gasteiger partial charge in [0.25, 0.3) is 0 Å². The molecule has 0 amide bonds. The summed E-state index contributed by atoms with van der Waals surface area (Å²) in [6.45, 7) is 6.42. The molecule has 1 fully saturated rings. The first kappa shape index (κ1) is 18.1. The third kappa shape index (κ3) is 5.76. The van der Waals surface area contributed by atoms with Gasteiger partial charge in [0, 0.05) is 6.54 Å². The first-order valence-electron chi connectivity index (χ1n) is 7.85. The van der Waals surface area contributed by atoms with E-state index >= 15 is 0 Å². The Morgan fingerprint density at radius 3 is 2.43 bits per heavy atom. The van der Waals surface area contributed by atoms with Gasteiger partial charge in [-0.2, -0.15) is 0 Å². The van der Waals surface area contributed by atoms with Crippen molar-refractivity contribution in [2.45, 2.75) is 39.0 Å². The minimum absolute atomic E-state index is 0. The van der Waals surface area contributed by atoms with Crippen molar-refractivity contribution >= 4 is 12.4 Å². The molecule has 0 aliphatic carbocycles. The normalized spacial score (nSPS) is 15.9. The van der Waals surface area contributed by atoms with Crippen molar-refractivity contribution in [1.82, 2.24) is 4.90 Å². The van der Waals surface area contributed by atoms with Crippen molar-refractivity contribution in [1.29, 1.82) is 0 Å². The van der Waals surface area contributed by atoms with Crippen LogP contribution in [0.1, 0.15) is 38.2 Å². The maximum Gasteiger partial charge on any atom is 0.122 e. The highest BCUT2D eigenvalue weighted by atomic mass is 35.5. The predicted octanol–water partition coefficient (Wildman–Crippen LogP) is 3.93. The molecular formula is C17H28ClNO2. The number of hydrogen-bond donors (Lipinski definition) is 0. The summed E-state index contributed by atoms with van der Waals surface area (Å²) in [6.07, 6.45) is 6.41. The fourth-order valence-electron chi connectivity index (χ4n) is 2.74. The van der Waals surface area contributed by atoms with Gasteiger partial charge in [-0.15, -0.1) is 12.4 Å². The maximum atomic E-state index is 5.97. The van der Waals surface area contributed by atoms with Gasteiger partial charge in [-0.25, -0.2) is 0 Å². The van der Waals surface area contributed by atoms with Crippen LogP contribution in [-0.2, 0) is 6.42 Å². The van der Waals surface area contributed by atoms with Crippen molar-refractivity contribution in [2.24, 2.45) is 0 Å². The second-order valence-corrected chi connectivity index (χ2v) is 5.43. The lowest BCUT2D eigenvalue weighted by atomic mass is 10.1. The number of ether oxygens (including phenoxy) is 2. The van der Waals surface area contributed by atoms with E-state index in [0.29, 0.717) is 0 Å². The molecule has 1 aliphatic rings. The van der Waals surface area contributed by atoms with Gasteiger partial charge in [0.15, 0.2) is 0 Å². The van der Waals surface area contributed by atoms with Crippen molar-refractivity contribution in [2.75, 3.05) is 33.4 Å². The molecule has 0 radical (unpaired) electrons. The molecule has 0 bridgehead atoms. The highest BCUT2D eigenvalue weighted by Gasteiger charge is 2.09. The Morgan fingerprint density at radius 1 is 1.10 bits per heavy atom. The van der Waals surface area contributed by atoms with Crippen LogP contribution >= 0.6 is 12.4 Å². The van der Waals surface area contributed by atoms with Crippen LogP contribution in [-0.4, -0.2) is 38.3 Å². The van der Waals surface area contributed by atoms with Crippen molar-refractivity contribution in [3.05, 3.63) is 23.8 Å². The smallest absolute Gasteiger partial charge is 0.122 e. The zero-order valence-corrected chi connectivity index (χ0v) is 14.1. The molecule has 1 saturated heterocycles. The Labute approximate surface area is 135 Å². The van der Waals surface area contributed by atoms with Gasteiger partial charge < -0.3 is 9.47 Å². The Balaban J connectivity index is 0.00000220. The summed E-state index contributed by atoms with van der Waals surface area (Å²) < 4.78 is 11.2. The third-order valence-corrected chi connectivity index (χ3v) is 4.01. The van der Waals surface area contributed by atoms with Crippen LogP contribution < -0.4 is 9.47 Å². The predicted molar refractivity (Wildman–Crippen MR) is 90.0 cm³/mol. The molecule has 4 heteroatoms. The molecule has 3 nitrogen and oxygen atoms in total. The molecule has 0 spiro atoms. The van der Waals surface area contributed by atoms with E-state index in [-0.39, 0.29) is 12.4 Å². The summed E-state index contributed by atoms with van der Waals surface area (Å²) in [7, 11) is 1.70. The highest BCUT2D eigenvalue weighted by Crippen LogP contribution is 2.24. The molecule has 0 saturated carbocycles. The number of methoxy groups -OCH3 is 1. The Kier molecular flexibility index (Phi) is 8.55. The number of likely N-dealkylation sites (tertiary alicyclic amines) is 1. The van der Waals surface area contributed by atoms with Gasteiger partial charge in [-0.3, -0.25) is 4.90 Å². The molecule has 1 heterocycles. The fraction of sp³-hybridized carbons (Fsp3) is 0.647. The van der Waals surface area contributed by atoms with Gasteiger partial charge >= 0.3 is 0 Å². The lowest BCUT2D eigenvalue weighted by Crippen LogP contribution is -2.29. The number of aryl methyl sites for hydroxylation is 1. The van der Waals surface area contributed by atoms with Crippen LogP contribution in [0, 0.1) is 0 Å². The van der Waals surface area contributed by atoms with E-state index < -0.39 is 0 Å². The summed E-state index contributed by atoms with van der Waals surface area (Å²) in [4.78, 5) is 2.53. The second-order valence-electron chi connectivity index (χ2n) is 5.43. The van der Waals surface area contributed by atoms with Crippen LogP contribution in [0.5, 0.6) is 11.5 Å². The molecule has 0 N–H and O–H groups in total. The minimum Gasteiger partial charge on any atom is -0.497 e. The zero-order valence-electron chi connectivity index (χ0n) is 13.3. The van der Waals surface area contributed by atoms with Crippen molar-refractivity contribution in [3.8, 4) is 11.5 Å². The average Bonchev–Trinajstić information content (AvgIpc) is 2.76. The summed E-state index contributed by atoms with van der Waals surface area (Å²) in [5.74, 6) is 1.91. The number of hydrogen-bond acceptors (Lipinski definition) is 3. The summed E-state index contributed by atoms with van der Waals surface area (Å²) in [5, 5.41) is 0. The molecule has 120 valence electrons. The Morgan fingerprint density at radius 2 is 1.81 bits per heavy atom. The quantitative estimate of drug-likeness (QED) is 0.794. The van der Waals surface area contributed by atoms with Crippen LogP contribution in [0.2, 0.25) is 0 Å². The first-order valence-corrected chi connectivity index (χ1v) is 7.85. The van der Waals surface area contributed by atoms with E-state index in [1.165, 1.54) is 44.3 Å². The molecular weight excluding hydrogens is 286 g/mol. The van der Waals surface area contributed by atoms with Crippen molar-refractivity contribution in [3.63, 3.8) is 0 Å². The van der Waals surface area contributed by atoms with Crippen LogP contribution in [0.4, 0.5) is 0 Å². The number of benzene rings is 1. The fourth-order valence-corrected chi connectivity index (χ4v) is 2.74. The monoisotopic (exact) mass is 313 g/mol. The zero-order chi connectivity index (χ0) is 14.2. The molecule has 1 aromatic rings. The standard InChI is InChI=1S/C17H27NO2.ClH/c1-3-15-14-16(19-2)8-9-17(15)20-13-12-18-10-6-4-5-7-11-18;/h8-9,14H,3-7,10-13H2,1-2H3;1H. The number of rotatable bonds is 6. The van der Waals surface area contributed by atoms with E-state index in [0.717, 1.165) is 31.1 Å². The number of halogens is 1.